The number of hydrogen-bond acceptors (Lipinski definition) is 4. The lowest BCUT2D eigenvalue weighted by atomic mass is 10.2. The Hall–Kier alpha value is -1.20. The van der Waals surface area contributed by atoms with E-state index in [4.69, 9.17) is 22.7 Å². The third-order valence-electron chi connectivity index (χ3n) is 2.69. The van der Waals surface area contributed by atoms with Gasteiger partial charge in [-0.1, -0.05) is 12.2 Å². The molecule has 0 aliphatic carbocycles. The number of thiocarbonyl (C=S) groups is 1. The van der Waals surface area contributed by atoms with E-state index in [1.165, 1.54) is 0 Å². The molecule has 1 aliphatic heterocycles. The van der Waals surface area contributed by atoms with Gasteiger partial charge < -0.3 is 15.4 Å². The minimum absolute atomic E-state index is 0.303. The van der Waals surface area contributed by atoms with Crippen molar-refractivity contribution >= 4 is 23.0 Å². The molecule has 86 valence electrons. The SMILES string of the molecule is CC1COCCN1c1ncccc1C(N)=S. The maximum absolute atomic E-state index is 5.70. The summed E-state index contributed by atoms with van der Waals surface area (Å²) >= 11 is 5.04. The predicted molar refractivity (Wildman–Crippen MR) is 67.8 cm³/mol. The zero-order valence-electron chi connectivity index (χ0n) is 9.22. The van der Waals surface area contributed by atoms with Crippen LogP contribution in [0.5, 0.6) is 0 Å². The standard InChI is InChI=1S/C11H15N3OS/c1-8-7-15-6-5-14(8)11-9(10(12)16)3-2-4-13-11/h2-4,8H,5-7H2,1H3,(H2,12,16). The fraction of sp³-hybridized carbons (Fsp3) is 0.455. The second-order valence-corrected chi connectivity index (χ2v) is 4.30. The summed E-state index contributed by atoms with van der Waals surface area (Å²) in [5.74, 6) is 0.866. The van der Waals surface area contributed by atoms with Gasteiger partial charge in [0.15, 0.2) is 0 Å². The van der Waals surface area contributed by atoms with Gasteiger partial charge >= 0.3 is 0 Å². The number of nitrogens with two attached hydrogens (primary N) is 1. The fourth-order valence-electron chi connectivity index (χ4n) is 1.86. The zero-order chi connectivity index (χ0) is 11.5. The van der Waals surface area contributed by atoms with Gasteiger partial charge in [0, 0.05) is 12.7 Å². The van der Waals surface area contributed by atoms with E-state index < -0.39 is 0 Å². The average Bonchev–Trinajstić information content (AvgIpc) is 2.29. The van der Waals surface area contributed by atoms with Crippen molar-refractivity contribution in [2.45, 2.75) is 13.0 Å². The Morgan fingerprint density at radius 1 is 1.69 bits per heavy atom. The van der Waals surface area contributed by atoms with Gasteiger partial charge in [-0.3, -0.25) is 0 Å². The number of morpholine rings is 1. The Labute approximate surface area is 100 Å². The molecule has 1 unspecified atom stereocenters. The van der Waals surface area contributed by atoms with Gasteiger partial charge in [0.1, 0.15) is 10.8 Å². The van der Waals surface area contributed by atoms with Gasteiger partial charge in [-0.05, 0) is 19.1 Å². The monoisotopic (exact) mass is 237 g/mol. The van der Waals surface area contributed by atoms with Crippen LogP contribution in [0.25, 0.3) is 0 Å². The Morgan fingerprint density at radius 2 is 2.50 bits per heavy atom. The fourth-order valence-corrected chi connectivity index (χ4v) is 2.02. The average molecular weight is 237 g/mol. The van der Waals surface area contributed by atoms with Crippen LogP contribution in [-0.4, -0.2) is 35.8 Å². The number of aromatic nitrogens is 1. The summed E-state index contributed by atoms with van der Waals surface area (Å²) in [6.45, 7) is 4.37. The van der Waals surface area contributed by atoms with Gasteiger partial charge in [-0.2, -0.15) is 0 Å². The summed E-state index contributed by atoms with van der Waals surface area (Å²) in [4.78, 5) is 6.96. The number of ether oxygens (including phenoxy) is 1. The van der Waals surface area contributed by atoms with Gasteiger partial charge in [0.05, 0.1) is 24.8 Å². The van der Waals surface area contributed by atoms with Crippen molar-refractivity contribution in [2.24, 2.45) is 5.73 Å². The molecular weight excluding hydrogens is 222 g/mol. The molecule has 0 amide bonds. The molecule has 2 N–H and O–H groups in total. The molecule has 0 saturated carbocycles. The quantitative estimate of drug-likeness (QED) is 0.776. The highest BCUT2D eigenvalue weighted by molar-refractivity contribution is 7.80. The van der Waals surface area contributed by atoms with E-state index >= 15 is 0 Å². The van der Waals surface area contributed by atoms with Crippen molar-refractivity contribution in [1.29, 1.82) is 0 Å². The molecule has 1 aromatic heterocycles. The molecular formula is C11H15N3OS. The molecule has 0 radical (unpaired) electrons. The van der Waals surface area contributed by atoms with Crippen LogP contribution in [0.4, 0.5) is 5.82 Å². The maximum atomic E-state index is 5.70. The van der Waals surface area contributed by atoms with E-state index in [0.717, 1.165) is 24.5 Å². The molecule has 1 aromatic rings. The third-order valence-corrected chi connectivity index (χ3v) is 2.91. The van der Waals surface area contributed by atoms with Crippen LogP contribution >= 0.6 is 12.2 Å². The summed E-state index contributed by atoms with van der Waals surface area (Å²) in [5, 5.41) is 0. The summed E-state index contributed by atoms with van der Waals surface area (Å²) in [6.07, 6.45) is 1.76. The highest BCUT2D eigenvalue weighted by atomic mass is 32.1. The Morgan fingerprint density at radius 3 is 3.19 bits per heavy atom. The lowest BCUT2D eigenvalue weighted by Crippen LogP contribution is -2.45. The molecule has 0 aromatic carbocycles. The third kappa shape index (κ3) is 2.15. The van der Waals surface area contributed by atoms with Gasteiger partial charge in [0.25, 0.3) is 0 Å². The first-order chi connectivity index (χ1) is 7.70. The molecule has 5 heteroatoms. The molecule has 2 rings (SSSR count). The number of pyridine rings is 1. The van der Waals surface area contributed by atoms with Crippen molar-refractivity contribution < 1.29 is 4.74 Å². The van der Waals surface area contributed by atoms with Crippen LogP contribution in [0.15, 0.2) is 18.3 Å². The first-order valence-electron chi connectivity index (χ1n) is 5.29. The number of hydrogen-bond donors (Lipinski definition) is 1. The normalized spacial score (nSPS) is 20.8. The number of rotatable bonds is 2. The van der Waals surface area contributed by atoms with E-state index in [-0.39, 0.29) is 0 Å². The Bertz CT molecular complexity index is 397. The van der Waals surface area contributed by atoms with E-state index in [2.05, 4.69) is 16.8 Å². The number of anilines is 1. The summed E-state index contributed by atoms with van der Waals surface area (Å²) in [6, 6.07) is 4.06. The highest BCUT2D eigenvalue weighted by Crippen LogP contribution is 2.21. The highest BCUT2D eigenvalue weighted by Gasteiger charge is 2.22. The molecule has 1 aliphatic rings. The molecule has 1 fully saturated rings. The van der Waals surface area contributed by atoms with Crippen molar-refractivity contribution in [3.8, 4) is 0 Å². The van der Waals surface area contributed by atoms with E-state index in [9.17, 15) is 0 Å². The summed E-state index contributed by atoms with van der Waals surface area (Å²) in [7, 11) is 0. The Balaban J connectivity index is 2.34. The molecule has 4 nitrogen and oxygen atoms in total. The minimum Gasteiger partial charge on any atom is -0.389 e. The lowest BCUT2D eigenvalue weighted by Gasteiger charge is -2.35. The Kier molecular flexibility index (Phi) is 3.36. The van der Waals surface area contributed by atoms with Gasteiger partial charge in [0.2, 0.25) is 0 Å². The second kappa shape index (κ2) is 4.76. The second-order valence-electron chi connectivity index (χ2n) is 3.86. The minimum atomic E-state index is 0.303. The first kappa shape index (κ1) is 11.3. The molecule has 0 spiro atoms. The van der Waals surface area contributed by atoms with Gasteiger partial charge in [-0.15, -0.1) is 0 Å². The summed E-state index contributed by atoms with van der Waals surface area (Å²) in [5.41, 5.74) is 6.54. The van der Waals surface area contributed by atoms with E-state index in [1.807, 2.05) is 12.1 Å². The van der Waals surface area contributed by atoms with Crippen LogP contribution < -0.4 is 10.6 Å². The predicted octanol–water partition coefficient (Wildman–Crippen LogP) is 0.941. The van der Waals surface area contributed by atoms with Crippen LogP contribution in [-0.2, 0) is 4.74 Å². The lowest BCUT2D eigenvalue weighted by molar-refractivity contribution is 0.0985. The van der Waals surface area contributed by atoms with Crippen molar-refractivity contribution in [3.63, 3.8) is 0 Å². The van der Waals surface area contributed by atoms with Crippen molar-refractivity contribution in [2.75, 3.05) is 24.7 Å². The molecule has 1 atom stereocenters. The maximum Gasteiger partial charge on any atom is 0.139 e. The van der Waals surface area contributed by atoms with Crippen LogP contribution in [0, 0.1) is 0 Å². The zero-order valence-corrected chi connectivity index (χ0v) is 10.0. The largest absolute Gasteiger partial charge is 0.389 e. The van der Waals surface area contributed by atoms with Crippen molar-refractivity contribution in [1.82, 2.24) is 4.98 Å². The molecule has 0 bridgehead atoms. The van der Waals surface area contributed by atoms with E-state index in [1.54, 1.807) is 6.20 Å². The summed E-state index contributed by atoms with van der Waals surface area (Å²) < 4.78 is 5.40. The molecule has 2 heterocycles. The van der Waals surface area contributed by atoms with Gasteiger partial charge in [-0.25, -0.2) is 4.98 Å². The van der Waals surface area contributed by atoms with E-state index in [0.29, 0.717) is 17.6 Å². The van der Waals surface area contributed by atoms with Crippen LogP contribution in [0.1, 0.15) is 12.5 Å². The molecule has 16 heavy (non-hydrogen) atoms. The topological polar surface area (TPSA) is 51.4 Å². The van der Waals surface area contributed by atoms with Crippen LogP contribution in [0.3, 0.4) is 0 Å². The van der Waals surface area contributed by atoms with Crippen molar-refractivity contribution in [3.05, 3.63) is 23.9 Å². The smallest absolute Gasteiger partial charge is 0.139 e. The molecule has 1 saturated heterocycles. The van der Waals surface area contributed by atoms with Crippen LogP contribution in [0.2, 0.25) is 0 Å². The first-order valence-corrected chi connectivity index (χ1v) is 5.70. The number of nitrogens with zero attached hydrogens (tertiary/aromatic N) is 2.